The lowest BCUT2D eigenvalue weighted by atomic mass is 10.0. The Morgan fingerprint density at radius 2 is 1.96 bits per heavy atom. The van der Waals surface area contributed by atoms with E-state index < -0.39 is 0 Å². The molecule has 0 N–H and O–H groups in total. The Morgan fingerprint density at radius 3 is 2.84 bits per heavy atom. The Kier molecular flexibility index (Phi) is 4.70. The number of carbonyl (C=O) groups excluding carboxylic acids is 1. The van der Waals surface area contributed by atoms with Gasteiger partial charge in [0.05, 0.1) is 11.7 Å². The lowest BCUT2D eigenvalue weighted by Gasteiger charge is -2.30. The fourth-order valence-corrected chi connectivity index (χ4v) is 3.62. The molecule has 0 saturated carbocycles. The maximum absolute atomic E-state index is 13.2. The summed E-state index contributed by atoms with van der Waals surface area (Å²) in [5, 5.41) is 0. The number of amides is 1. The van der Waals surface area contributed by atoms with Crippen LogP contribution in [0.5, 0.6) is 5.75 Å². The van der Waals surface area contributed by atoms with Crippen LogP contribution in [0.25, 0.3) is 0 Å². The quantitative estimate of drug-likeness (QED) is 0.851. The van der Waals surface area contributed by atoms with Gasteiger partial charge in [-0.1, -0.05) is 30.3 Å². The molecule has 1 saturated heterocycles. The summed E-state index contributed by atoms with van der Waals surface area (Å²) in [4.78, 5) is 15.1. The average Bonchev–Trinajstić information content (AvgIpc) is 3.19. The van der Waals surface area contributed by atoms with Crippen molar-refractivity contribution in [3.05, 3.63) is 59.7 Å². The predicted molar refractivity (Wildman–Crippen MR) is 97.4 cm³/mol. The second kappa shape index (κ2) is 7.28. The van der Waals surface area contributed by atoms with E-state index in [0.29, 0.717) is 17.9 Å². The maximum atomic E-state index is 13.2. The minimum Gasteiger partial charge on any atom is -0.490 e. The molecule has 2 aliphatic heterocycles. The van der Waals surface area contributed by atoms with Gasteiger partial charge in [0.2, 0.25) is 0 Å². The van der Waals surface area contributed by atoms with Crippen molar-refractivity contribution in [1.29, 1.82) is 0 Å². The van der Waals surface area contributed by atoms with E-state index in [4.69, 9.17) is 9.47 Å². The monoisotopic (exact) mass is 337 g/mol. The molecule has 25 heavy (non-hydrogen) atoms. The van der Waals surface area contributed by atoms with E-state index in [1.807, 2.05) is 47.4 Å². The molecule has 2 heterocycles. The second-order valence-electron chi connectivity index (χ2n) is 6.63. The van der Waals surface area contributed by atoms with Crippen LogP contribution in [0.1, 0.15) is 35.2 Å². The van der Waals surface area contributed by atoms with E-state index in [2.05, 4.69) is 6.07 Å². The third kappa shape index (κ3) is 3.40. The Morgan fingerprint density at radius 1 is 1.12 bits per heavy atom. The molecule has 4 nitrogen and oxygen atoms in total. The van der Waals surface area contributed by atoms with Gasteiger partial charge in [0, 0.05) is 18.8 Å². The van der Waals surface area contributed by atoms with E-state index >= 15 is 0 Å². The lowest BCUT2D eigenvalue weighted by Crippen LogP contribution is -2.35. The zero-order valence-electron chi connectivity index (χ0n) is 14.3. The molecule has 0 aliphatic carbocycles. The van der Waals surface area contributed by atoms with Crippen LogP contribution in [0.15, 0.2) is 48.5 Å². The number of benzene rings is 2. The van der Waals surface area contributed by atoms with Gasteiger partial charge >= 0.3 is 0 Å². The van der Waals surface area contributed by atoms with Crippen molar-refractivity contribution >= 4 is 11.6 Å². The third-order valence-corrected chi connectivity index (χ3v) is 4.92. The van der Waals surface area contributed by atoms with E-state index in [9.17, 15) is 4.79 Å². The van der Waals surface area contributed by atoms with Crippen LogP contribution in [0.4, 0.5) is 5.69 Å². The van der Waals surface area contributed by atoms with Gasteiger partial charge in [-0.2, -0.15) is 0 Å². The highest BCUT2D eigenvalue weighted by Gasteiger charge is 2.26. The second-order valence-corrected chi connectivity index (χ2v) is 6.63. The zero-order chi connectivity index (χ0) is 17.1. The van der Waals surface area contributed by atoms with E-state index in [0.717, 1.165) is 44.5 Å². The maximum Gasteiger partial charge on any atom is 0.262 e. The van der Waals surface area contributed by atoms with Gasteiger partial charge in [0.15, 0.2) is 0 Å². The zero-order valence-corrected chi connectivity index (χ0v) is 14.3. The molecular weight excluding hydrogens is 314 g/mol. The lowest BCUT2D eigenvalue weighted by molar-refractivity contribution is 0.0672. The first-order valence-electron chi connectivity index (χ1n) is 9.06. The Hall–Kier alpha value is -2.33. The molecule has 0 spiro atoms. The summed E-state index contributed by atoms with van der Waals surface area (Å²) in [5.41, 5.74) is 2.88. The van der Waals surface area contributed by atoms with Crippen LogP contribution < -0.4 is 9.64 Å². The first kappa shape index (κ1) is 16.2. The number of carbonyl (C=O) groups is 1. The van der Waals surface area contributed by atoms with Crippen molar-refractivity contribution in [3.63, 3.8) is 0 Å². The summed E-state index contributed by atoms with van der Waals surface area (Å²) in [6.07, 6.45) is 4.26. The highest BCUT2D eigenvalue weighted by molar-refractivity contribution is 6.08. The topological polar surface area (TPSA) is 38.8 Å². The molecule has 1 fully saturated rings. The smallest absolute Gasteiger partial charge is 0.262 e. The molecule has 130 valence electrons. The van der Waals surface area contributed by atoms with E-state index in [1.165, 1.54) is 5.56 Å². The third-order valence-electron chi connectivity index (χ3n) is 4.92. The minimum absolute atomic E-state index is 0.00934. The van der Waals surface area contributed by atoms with Gasteiger partial charge in [-0.25, -0.2) is 0 Å². The number of rotatable bonds is 4. The normalized spacial score (nSPS) is 19.5. The van der Waals surface area contributed by atoms with Crippen LogP contribution in [0.2, 0.25) is 0 Å². The Balaban J connectivity index is 1.56. The number of nitrogens with zero attached hydrogens (tertiary/aromatic N) is 1. The van der Waals surface area contributed by atoms with Crippen LogP contribution in [-0.4, -0.2) is 31.8 Å². The summed E-state index contributed by atoms with van der Waals surface area (Å²) in [5.74, 6) is 0.654. The largest absolute Gasteiger partial charge is 0.490 e. The van der Waals surface area contributed by atoms with Crippen molar-refractivity contribution in [2.75, 3.05) is 24.7 Å². The van der Waals surface area contributed by atoms with Crippen molar-refractivity contribution in [1.82, 2.24) is 0 Å². The fraction of sp³-hybridized carbons (Fsp3) is 0.381. The van der Waals surface area contributed by atoms with Crippen molar-refractivity contribution in [2.45, 2.75) is 31.8 Å². The molecule has 0 bridgehead atoms. The summed E-state index contributed by atoms with van der Waals surface area (Å²) >= 11 is 0. The molecule has 2 aromatic rings. The number of para-hydroxylation sites is 2. The first-order chi connectivity index (χ1) is 12.3. The van der Waals surface area contributed by atoms with Gasteiger partial charge < -0.3 is 14.4 Å². The first-order valence-corrected chi connectivity index (χ1v) is 9.06. The number of aryl methyl sites for hydroxylation is 1. The van der Waals surface area contributed by atoms with Crippen LogP contribution in [0.3, 0.4) is 0 Å². The molecule has 2 aliphatic rings. The van der Waals surface area contributed by atoms with Crippen molar-refractivity contribution < 1.29 is 14.3 Å². The van der Waals surface area contributed by atoms with E-state index in [-0.39, 0.29) is 12.0 Å². The standard InChI is InChI=1S/C21H23NO3/c23-21(22-13-5-8-16-7-1-3-11-19(16)22)18-10-2-4-12-20(18)25-15-17-9-6-14-24-17/h1-4,7,10-12,17H,5-6,8-9,13-15H2. The van der Waals surface area contributed by atoms with Gasteiger partial charge in [-0.15, -0.1) is 0 Å². The summed E-state index contributed by atoms with van der Waals surface area (Å²) in [6, 6.07) is 15.7. The fourth-order valence-electron chi connectivity index (χ4n) is 3.62. The molecular formula is C21H23NO3. The molecule has 0 radical (unpaired) electrons. The van der Waals surface area contributed by atoms with Gasteiger partial charge in [0.25, 0.3) is 5.91 Å². The number of fused-ring (bicyclic) bond motifs is 1. The molecule has 2 aromatic carbocycles. The van der Waals surface area contributed by atoms with Crippen LogP contribution >= 0.6 is 0 Å². The number of hydrogen-bond acceptors (Lipinski definition) is 3. The Bertz CT molecular complexity index is 752. The van der Waals surface area contributed by atoms with Crippen molar-refractivity contribution in [2.24, 2.45) is 0 Å². The van der Waals surface area contributed by atoms with Gasteiger partial charge in [-0.3, -0.25) is 4.79 Å². The minimum atomic E-state index is 0.00934. The molecule has 4 rings (SSSR count). The van der Waals surface area contributed by atoms with Gasteiger partial charge in [0.1, 0.15) is 12.4 Å². The van der Waals surface area contributed by atoms with Crippen LogP contribution in [-0.2, 0) is 11.2 Å². The number of hydrogen-bond donors (Lipinski definition) is 0. The molecule has 1 atom stereocenters. The molecule has 4 heteroatoms. The average molecular weight is 337 g/mol. The van der Waals surface area contributed by atoms with Gasteiger partial charge in [-0.05, 0) is 49.4 Å². The summed E-state index contributed by atoms with van der Waals surface area (Å²) in [6.45, 7) is 2.05. The Labute approximate surface area is 148 Å². The SMILES string of the molecule is O=C(c1ccccc1OCC1CCCO1)N1CCCc2ccccc21. The predicted octanol–water partition coefficient (Wildman–Crippen LogP) is 3.84. The highest BCUT2D eigenvalue weighted by Crippen LogP contribution is 2.30. The summed E-state index contributed by atoms with van der Waals surface area (Å²) in [7, 11) is 0. The van der Waals surface area contributed by atoms with Crippen LogP contribution in [0, 0.1) is 0 Å². The van der Waals surface area contributed by atoms with E-state index in [1.54, 1.807) is 0 Å². The summed E-state index contributed by atoms with van der Waals surface area (Å²) < 4.78 is 11.6. The van der Waals surface area contributed by atoms with Crippen molar-refractivity contribution in [3.8, 4) is 5.75 Å². The highest BCUT2D eigenvalue weighted by atomic mass is 16.5. The molecule has 0 aromatic heterocycles. The molecule has 1 amide bonds. The molecule has 1 unspecified atom stereocenters. The number of anilines is 1. The number of ether oxygens (including phenoxy) is 2.